The quantitative estimate of drug-likeness (QED) is 0.762. The molecule has 0 saturated carbocycles. The summed E-state index contributed by atoms with van der Waals surface area (Å²) in [6.45, 7) is 0. The maximum Gasteiger partial charge on any atom is 0.149 e. The highest BCUT2D eigenvalue weighted by atomic mass is 79.9. The number of hydrogen-bond donors (Lipinski definition) is 1. The van der Waals surface area contributed by atoms with Gasteiger partial charge in [-0.2, -0.15) is 0 Å². The van der Waals surface area contributed by atoms with Crippen molar-refractivity contribution < 1.29 is 9.84 Å². The molecule has 0 saturated heterocycles. The Morgan fingerprint density at radius 1 is 1.06 bits per heavy atom. The van der Waals surface area contributed by atoms with Crippen molar-refractivity contribution in [1.29, 1.82) is 0 Å². The minimum atomic E-state index is -0.00241. The fourth-order valence-electron chi connectivity index (χ4n) is 1.25. The summed E-state index contributed by atoms with van der Waals surface area (Å²) >= 11 is 12.7. The number of rotatable bonds is 2. The largest absolute Gasteiger partial charge is 0.506 e. The van der Waals surface area contributed by atoms with Gasteiger partial charge in [0.25, 0.3) is 0 Å². The van der Waals surface area contributed by atoms with Gasteiger partial charge in [-0.25, -0.2) is 0 Å². The van der Waals surface area contributed by atoms with E-state index in [4.69, 9.17) is 16.3 Å². The van der Waals surface area contributed by atoms with Crippen molar-refractivity contribution in [1.82, 2.24) is 0 Å². The van der Waals surface area contributed by atoms with Gasteiger partial charge in [-0.3, -0.25) is 0 Å². The average Bonchev–Trinajstić information content (AvgIpc) is 2.28. The first-order chi connectivity index (χ1) is 8.08. The summed E-state index contributed by atoms with van der Waals surface area (Å²) in [6.07, 6.45) is 0. The molecule has 1 N–H and O–H groups in total. The zero-order chi connectivity index (χ0) is 12.4. The van der Waals surface area contributed by atoms with Crippen molar-refractivity contribution in [2.75, 3.05) is 0 Å². The van der Waals surface area contributed by atoms with E-state index in [1.165, 1.54) is 6.07 Å². The maximum atomic E-state index is 9.46. The Morgan fingerprint density at radius 2 is 1.82 bits per heavy atom. The highest BCUT2D eigenvalue weighted by Gasteiger charge is 2.09. The number of hydrogen-bond acceptors (Lipinski definition) is 2. The molecule has 0 spiro atoms. The third-order valence-electron chi connectivity index (χ3n) is 2.06. The minimum Gasteiger partial charge on any atom is -0.506 e. The number of halogens is 3. The molecule has 0 fully saturated rings. The molecule has 0 aliphatic heterocycles. The zero-order valence-corrected chi connectivity index (χ0v) is 12.4. The van der Waals surface area contributed by atoms with Gasteiger partial charge < -0.3 is 9.84 Å². The van der Waals surface area contributed by atoms with Crippen molar-refractivity contribution in [3.63, 3.8) is 0 Å². The first-order valence-electron chi connectivity index (χ1n) is 4.68. The molecular weight excluding hydrogens is 371 g/mol. The molecule has 0 aliphatic carbocycles. The first-order valence-corrected chi connectivity index (χ1v) is 6.64. The Kier molecular flexibility index (Phi) is 3.97. The summed E-state index contributed by atoms with van der Waals surface area (Å²) in [6, 6.07) is 10.4. The first kappa shape index (κ1) is 12.7. The van der Waals surface area contributed by atoms with Gasteiger partial charge in [0.15, 0.2) is 0 Å². The van der Waals surface area contributed by atoms with Gasteiger partial charge in [-0.05, 0) is 46.3 Å². The van der Waals surface area contributed by atoms with Crippen LogP contribution < -0.4 is 4.74 Å². The molecule has 0 aliphatic rings. The molecule has 2 aromatic rings. The van der Waals surface area contributed by atoms with E-state index in [1.54, 1.807) is 18.2 Å². The van der Waals surface area contributed by atoms with E-state index in [-0.39, 0.29) is 10.8 Å². The van der Waals surface area contributed by atoms with Crippen LogP contribution in [-0.4, -0.2) is 5.11 Å². The molecule has 0 heterocycles. The maximum absolute atomic E-state index is 9.46. The van der Waals surface area contributed by atoms with Crippen molar-refractivity contribution in [3.8, 4) is 17.2 Å². The average molecular weight is 378 g/mol. The summed E-state index contributed by atoms with van der Waals surface area (Å²) < 4.78 is 7.36. The van der Waals surface area contributed by atoms with E-state index >= 15 is 0 Å². The lowest BCUT2D eigenvalue weighted by Crippen LogP contribution is -1.86. The number of aromatic hydroxyl groups is 1. The third-order valence-corrected chi connectivity index (χ3v) is 3.55. The van der Waals surface area contributed by atoms with Crippen LogP contribution in [0.1, 0.15) is 0 Å². The molecule has 0 amide bonds. The Labute approximate surface area is 120 Å². The van der Waals surface area contributed by atoms with Gasteiger partial charge in [-0.1, -0.05) is 33.6 Å². The lowest BCUT2D eigenvalue weighted by Gasteiger charge is -2.10. The molecule has 0 radical (unpaired) electrons. The highest BCUT2D eigenvalue weighted by molar-refractivity contribution is 9.11. The van der Waals surface area contributed by atoms with Gasteiger partial charge in [0.2, 0.25) is 0 Å². The highest BCUT2D eigenvalue weighted by Crippen LogP contribution is 2.38. The van der Waals surface area contributed by atoms with E-state index in [1.807, 2.05) is 12.1 Å². The monoisotopic (exact) mass is 376 g/mol. The van der Waals surface area contributed by atoms with Crippen molar-refractivity contribution >= 4 is 43.5 Å². The van der Waals surface area contributed by atoms with Crippen LogP contribution in [0.5, 0.6) is 17.2 Å². The van der Waals surface area contributed by atoms with Crippen LogP contribution in [0.3, 0.4) is 0 Å². The van der Waals surface area contributed by atoms with Crippen LogP contribution in [0.15, 0.2) is 45.3 Å². The van der Waals surface area contributed by atoms with Crippen molar-refractivity contribution in [2.45, 2.75) is 0 Å². The van der Waals surface area contributed by atoms with E-state index in [0.29, 0.717) is 11.5 Å². The summed E-state index contributed by atoms with van der Waals surface area (Å²) in [5.74, 6) is 1.03. The zero-order valence-electron chi connectivity index (χ0n) is 8.45. The number of phenolic OH excluding ortho intramolecular Hbond substituents is 1. The fraction of sp³-hybridized carbons (Fsp3) is 0. The lowest BCUT2D eigenvalue weighted by molar-refractivity contribution is 0.454. The normalized spacial score (nSPS) is 10.3. The van der Waals surface area contributed by atoms with Crippen LogP contribution in [0.25, 0.3) is 0 Å². The second kappa shape index (κ2) is 5.29. The molecular formula is C12H7Br2ClO2. The number of phenols is 1. The molecule has 0 bridgehead atoms. The second-order valence-electron chi connectivity index (χ2n) is 3.27. The van der Waals surface area contributed by atoms with Gasteiger partial charge in [0, 0.05) is 4.47 Å². The van der Waals surface area contributed by atoms with Crippen molar-refractivity contribution in [3.05, 3.63) is 50.4 Å². The third kappa shape index (κ3) is 2.94. The molecule has 5 heteroatoms. The summed E-state index contributed by atoms with van der Waals surface area (Å²) in [7, 11) is 0. The summed E-state index contributed by atoms with van der Waals surface area (Å²) in [4.78, 5) is 0. The van der Waals surface area contributed by atoms with Gasteiger partial charge in [0.1, 0.15) is 22.3 Å². The Hall–Kier alpha value is -0.710. The van der Waals surface area contributed by atoms with E-state index in [9.17, 15) is 5.11 Å². The van der Waals surface area contributed by atoms with Crippen LogP contribution in [0.2, 0.25) is 5.02 Å². The van der Waals surface area contributed by atoms with Crippen LogP contribution in [0.4, 0.5) is 0 Å². The van der Waals surface area contributed by atoms with Crippen LogP contribution in [0, 0.1) is 0 Å². The molecule has 0 atom stereocenters. The number of benzene rings is 2. The topological polar surface area (TPSA) is 29.5 Å². The molecule has 2 rings (SSSR count). The SMILES string of the molecule is Oc1cccc(Oc2ccc(Br)cc2Br)c1Cl. The van der Waals surface area contributed by atoms with Gasteiger partial charge in [0.05, 0.1) is 4.47 Å². The van der Waals surface area contributed by atoms with Gasteiger partial charge >= 0.3 is 0 Å². The summed E-state index contributed by atoms with van der Waals surface area (Å²) in [5.41, 5.74) is 0. The van der Waals surface area contributed by atoms with Crippen LogP contribution in [-0.2, 0) is 0 Å². The molecule has 88 valence electrons. The molecule has 0 unspecified atom stereocenters. The van der Waals surface area contributed by atoms with E-state index in [0.717, 1.165) is 8.95 Å². The Bertz CT molecular complexity index is 558. The van der Waals surface area contributed by atoms with Crippen molar-refractivity contribution in [2.24, 2.45) is 0 Å². The smallest absolute Gasteiger partial charge is 0.149 e. The molecule has 17 heavy (non-hydrogen) atoms. The van der Waals surface area contributed by atoms with Crippen LogP contribution >= 0.6 is 43.5 Å². The summed E-state index contributed by atoms with van der Waals surface area (Å²) in [5, 5.41) is 9.66. The standard InChI is InChI=1S/C12H7Br2ClO2/c13-7-4-5-10(8(14)6-7)17-11-3-1-2-9(16)12(11)15/h1-6,16H. The molecule has 2 aromatic carbocycles. The van der Waals surface area contributed by atoms with Gasteiger partial charge in [-0.15, -0.1) is 0 Å². The predicted molar refractivity (Wildman–Crippen MR) is 75.0 cm³/mol. The minimum absolute atomic E-state index is 0.00241. The fourth-order valence-corrected chi connectivity index (χ4v) is 2.55. The Balaban J connectivity index is 2.35. The number of ether oxygens (including phenoxy) is 1. The predicted octanol–water partition coefficient (Wildman–Crippen LogP) is 5.36. The second-order valence-corrected chi connectivity index (χ2v) is 5.41. The van der Waals surface area contributed by atoms with E-state index in [2.05, 4.69) is 31.9 Å². The lowest BCUT2D eigenvalue weighted by atomic mass is 10.3. The molecule has 2 nitrogen and oxygen atoms in total. The molecule has 0 aromatic heterocycles. The Morgan fingerprint density at radius 3 is 2.53 bits per heavy atom. The van der Waals surface area contributed by atoms with E-state index < -0.39 is 0 Å².